The van der Waals surface area contributed by atoms with E-state index in [0.29, 0.717) is 12.3 Å². The maximum Gasteiger partial charge on any atom is 0.309 e. The molecule has 0 saturated heterocycles. The molecule has 10 nitrogen and oxygen atoms in total. The van der Waals surface area contributed by atoms with Crippen molar-refractivity contribution in [2.45, 2.75) is 51.5 Å². The van der Waals surface area contributed by atoms with Crippen molar-refractivity contribution in [2.24, 2.45) is 5.41 Å². The van der Waals surface area contributed by atoms with E-state index in [4.69, 9.17) is 4.74 Å². The summed E-state index contributed by atoms with van der Waals surface area (Å²) < 4.78 is 33.4. The van der Waals surface area contributed by atoms with Crippen molar-refractivity contribution >= 4 is 27.8 Å². The van der Waals surface area contributed by atoms with Crippen molar-refractivity contribution in [1.29, 1.82) is 0 Å². The average molecular weight is 465 g/mol. The van der Waals surface area contributed by atoms with E-state index in [1.165, 1.54) is 36.7 Å². The minimum Gasteiger partial charge on any atom is -0.488 e. The van der Waals surface area contributed by atoms with Gasteiger partial charge in [-0.05, 0) is 58.9 Å². The topological polar surface area (TPSA) is 148 Å². The number of carbonyl (C=O) groups excluding carboxylic acids is 1. The molecular weight excluding hydrogens is 436 g/mol. The van der Waals surface area contributed by atoms with E-state index in [9.17, 15) is 23.1 Å². The van der Waals surface area contributed by atoms with Gasteiger partial charge in [-0.3, -0.25) is 9.59 Å². The summed E-state index contributed by atoms with van der Waals surface area (Å²) in [5.74, 6) is -1.05. The highest BCUT2D eigenvalue weighted by Gasteiger charge is 2.36. The van der Waals surface area contributed by atoms with Crippen LogP contribution in [-0.2, 0) is 14.8 Å². The van der Waals surface area contributed by atoms with Crippen LogP contribution < -0.4 is 14.8 Å². The van der Waals surface area contributed by atoms with Crippen molar-refractivity contribution in [2.75, 3.05) is 11.3 Å². The van der Waals surface area contributed by atoms with Crippen LogP contribution in [0.15, 0.2) is 41.6 Å². The van der Waals surface area contributed by atoms with Crippen molar-refractivity contribution in [1.82, 2.24) is 15.3 Å². The van der Waals surface area contributed by atoms with Crippen LogP contribution in [0.2, 0.25) is 0 Å². The molecule has 0 aliphatic heterocycles. The maximum atomic E-state index is 12.6. The van der Waals surface area contributed by atoms with Crippen LogP contribution in [0.25, 0.3) is 0 Å². The number of aromatic nitrogens is 2. The maximum absolute atomic E-state index is 12.6. The predicted octanol–water partition coefficient (Wildman–Crippen LogP) is 2.69. The van der Waals surface area contributed by atoms with E-state index in [1.807, 2.05) is 0 Å². The largest absolute Gasteiger partial charge is 0.488 e. The Labute approximate surface area is 187 Å². The summed E-state index contributed by atoms with van der Waals surface area (Å²) in [7, 11) is -3.97. The zero-order valence-electron chi connectivity index (χ0n) is 18.7. The molecule has 1 amide bonds. The van der Waals surface area contributed by atoms with Crippen LogP contribution >= 0.6 is 0 Å². The summed E-state index contributed by atoms with van der Waals surface area (Å²) >= 11 is 0. The van der Waals surface area contributed by atoms with Crippen LogP contribution in [0, 0.1) is 5.41 Å². The van der Waals surface area contributed by atoms with Gasteiger partial charge in [-0.15, -0.1) is 0 Å². The molecule has 2 aromatic rings. The molecule has 0 fully saturated rings. The summed E-state index contributed by atoms with van der Waals surface area (Å²) in [4.78, 5) is 30.8. The number of benzene rings is 1. The Morgan fingerprint density at radius 3 is 2.12 bits per heavy atom. The smallest absolute Gasteiger partial charge is 0.309 e. The van der Waals surface area contributed by atoms with Crippen LogP contribution in [0.4, 0.5) is 5.95 Å². The van der Waals surface area contributed by atoms with Crippen LogP contribution in [0.3, 0.4) is 0 Å². The standard InChI is InChI=1S/C21H28N4O6S/c1-6-22-17(26)14-11-23-19(24-12-14)25-32(29,30)16-9-7-15(8-10-16)31-21(4,5)13-20(2,3)18(27)28/h7-12H,6,13H2,1-5H3,(H,22,26)(H,27,28)(H,23,24,25). The zero-order valence-corrected chi connectivity index (χ0v) is 19.5. The Kier molecular flexibility index (Phi) is 7.45. The molecule has 0 radical (unpaired) electrons. The molecule has 0 aliphatic carbocycles. The van der Waals surface area contributed by atoms with Crippen LogP contribution in [0.1, 0.15) is 51.4 Å². The normalized spacial score (nSPS) is 12.2. The third kappa shape index (κ3) is 6.64. The Morgan fingerprint density at radius 1 is 1.06 bits per heavy atom. The molecule has 1 aromatic carbocycles. The molecule has 0 bridgehead atoms. The molecule has 3 N–H and O–H groups in total. The zero-order chi connectivity index (χ0) is 24.2. The second-order valence-corrected chi connectivity index (χ2v) is 10.1. The Morgan fingerprint density at radius 2 is 1.62 bits per heavy atom. The Hall–Kier alpha value is -3.21. The number of nitrogens with zero attached hydrogens (tertiary/aromatic N) is 2. The van der Waals surface area contributed by atoms with Gasteiger partial charge >= 0.3 is 5.97 Å². The molecule has 32 heavy (non-hydrogen) atoms. The van der Waals surface area contributed by atoms with Crippen molar-refractivity contribution in [3.05, 3.63) is 42.2 Å². The molecule has 0 unspecified atom stereocenters. The summed E-state index contributed by atoms with van der Waals surface area (Å²) in [5.41, 5.74) is -1.56. The number of hydrogen-bond donors (Lipinski definition) is 3. The van der Waals surface area contributed by atoms with E-state index in [2.05, 4.69) is 20.0 Å². The monoisotopic (exact) mass is 464 g/mol. The van der Waals surface area contributed by atoms with E-state index >= 15 is 0 Å². The van der Waals surface area contributed by atoms with Gasteiger partial charge in [-0.25, -0.2) is 23.1 Å². The number of carboxylic acid groups (broad SMARTS) is 1. The van der Waals surface area contributed by atoms with Crippen molar-refractivity contribution in [3.8, 4) is 5.75 Å². The first-order valence-electron chi connectivity index (χ1n) is 9.91. The van der Waals surface area contributed by atoms with E-state index < -0.39 is 27.0 Å². The van der Waals surface area contributed by atoms with Gasteiger partial charge in [0, 0.05) is 25.4 Å². The first kappa shape index (κ1) is 25.1. The number of nitrogens with one attached hydrogen (secondary N) is 2. The first-order valence-corrected chi connectivity index (χ1v) is 11.4. The molecule has 0 saturated carbocycles. The highest BCUT2D eigenvalue weighted by atomic mass is 32.2. The van der Waals surface area contributed by atoms with Crippen molar-refractivity contribution in [3.63, 3.8) is 0 Å². The highest BCUT2D eigenvalue weighted by Crippen LogP contribution is 2.32. The molecule has 1 aromatic heterocycles. The van der Waals surface area contributed by atoms with Gasteiger partial charge in [0.15, 0.2) is 0 Å². The third-order valence-corrected chi connectivity index (χ3v) is 5.80. The number of carbonyl (C=O) groups is 2. The van der Waals surface area contributed by atoms with Gasteiger partial charge in [0.1, 0.15) is 11.4 Å². The number of hydrogen-bond acceptors (Lipinski definition) is 7. The average Bonchev–Trinajstić information content (AvgIpc) is 2.67. The second kappa shape index (κ2) is 9.51. The Balaban J connectivity index is 2.09. The summed E-state index contributed by atoms with van der Waals surface area (Å²) in [5, 5.41) is 11.9. The third-order valence-electron chi connectivity index (χ3n) is 4.45. The molecule has 0 spiro atoms. The number of sulfonamides is 1. The summed E-state index contributed by atoms with van der Waals surface area (Å²) in [6.45, 7) is 8.99. The van der Waals surface area contributed by atoms with Gasteiger partial charge in [-0.2, -0.15) is 0 Å². The lowest BCUT2D eigenvalue weighted by molar-refractivity contribution is -0.149. The number of rotatable bonds is 10. The highest BCUT2D eigenvalue weighted by molar-refractivity contribution is 7.92. The van der Waals surface area contributed by atoms with Gasteiger partial charge in [0.25, 0.3) is 15.9 Å². The van der Waals surface area contributed by atoms with Gasteiger partial charge < -0.3 is 15.2 Å². The molecule has 0 atom stereocenters. The fraction of sp³-hybridized carbons (Fsp3) is 0.429. The number of amides is 1. The minimum atomic E-state index is -3.97. The lowest BCUT2D eigenvalue weighted by atomic mass is 9.82. The minimum absolute atomic E-state index is 0.0371. The second-order valence-electron chi connectivity index (χ2n) is 8.46. The summed E-state index contributed by atoms with van der Waals surface area (Å²) in [6.07, 6.45) is 2.71. The lowest BCUT2D eigenvalue weighted by Gasteiger charge is -2.32. The van der Waals surface area contributed by atoms with E-state index in [1.54, 1.807) is 34.6 Å². The van der Waals surface area contributed by atoms with Gasteiger partial charge in [0.2, 0.25) is 5.95 Å². The summed E-state index contributed by atoms with van der Waals surface area (Å²) in [6, 6.07) is 5.70. The fourth-order valence-electron chi connectivity index (χ4n) is 3.12. The lowest BCUT2D eigenvalue weighted by Crippen LogP contribution is -2.38. The predicted molar refractivity (Wildman–Crippen MR) is 118 cm³/mol. The van der Waals surface area contributed by atoms with Gasteiger partial charge in [-0.1, -0.05) is 0 Å². The van der Waals surface area contributed by atoms with E-state index in [-0.39, 0.29) is 28.7 Å². The quantitative estimate of drug-likeness (QED) is 0.486. The number of anilines is 1. The Bertz CT molecular complexity index is 1060. The molecular formula is C21H28N4O6S. The number of aliphatic carboxylic acids is 1. The van der Waals surface area contributed by atoms with Gasteiger partial charge in [0.05, 0.1) is 15.9 Å². The van der Waals surface area contributed by atoms with E-state index in [0.717, 1.165) is 0 Å². The number of ether oxygens (including phenoxy) is 1. The van der Waals surface area contributed by atoms with Crippen molar-refractivity contribution < 1.29 is 27.9 Å². The SMILES string of the molecule is CCNC(=O)c1cnc(NS(=O)(=O)c2ccc(OC(C)(C)CC(C)(C)C(=O)O)cc2)nc1. The molecule has 11 heteroatoms. The fourth-order valence-corrected chi connectivity index (χ4v) is 4.08. The molecule has 2 rings (SSSR count). The molecule has 0 aliphatic rings. The molecule has 1 heterocycles. The van der Waals surface area contributed by atoms with Crippen LogP contribution in [-0.4, -0.2) is 47.5 Å². The first-order chi connectivity index (χ1) is 14.8. The van der Waals surface area contributed by atoms with Crippen LogP contribution in [0.5, 0.6) is 5.75 Å². The molecule has 174 valence electrons. The number of carboxylic acids is 1.